The molecule has 6 nitrogen and oxygen atoms in total. The summed E-state index contributed by atoms with van der Waals surface area (Å²) in [6.45, 7) is 5.43. The van der Waals surface area contributed by atoms with Crippen LogP contribution in [0.1, 0.15) is 40.0 Å². The Morgan fingerprint density at radius 1 is 0.968 bits per heavy atom. The lowest BCUT2D eigenvalue weighted by Gasteiger charge is -2.18. The van der Waals surface area contributed by atoms with Crippen molar-refractivity contribution in [3.8, 4) is 5.75 Å². The third-order valence-corrected chi connectivity index (χ3v) is 6.49. The van der Waals surface area contributed by atoms with Crippen molar-refractivity contribution in [2.45, 2.75) is 31.7 Å². The Balaban J connectivity index is 1.85. The molecule has 0 spiro atoms. The van der Waals surface area contributed by atoms with E-state index in [9.17, 15) is 13.2 Å². The summed E-state index contributed by atoms with van der Waals surface area (Å²) in [5, 5.41) is 2.91. The highest BCUT2D eigenvalue weighted by molar-refractivity contribution is 7.92. The molecule has 3 aromatic rings. The van der Waals surface area contributed by atoms with Gasteiger partial charge in [0.1, 0.15) is 5.75 Å². The van der Waals surface area contributed by atoms with Gasteiger partial charge in [-0.3, -0.25) is 9.52 Å². The molecular weight excluding hydrogens is 412 g/mol. The van der Waals surface area contributed by atoms with Gasteiger partial charge in [0.15, 0.2) is 0 Å². The van der Waals surface area contributed by atoms with Crippen molar-refractivity contribution in [3.05, 3.63) is 89.0 Å². The average Bonchev–Trinajstić information content (AvgIpc) is 2.73. The monoisotopic (exact) mass is 438 g/mol. The molecule has 7 heteroatoms. The molecule has 0 aliphatic rings. The quantitative estimate of drug-likeness (QED) is 0.564. The van der Waals surface area contributed by atoms with Gasteiger partial charge in [0.25, 0.3) is 15.9 Å². The third kappa shape index (κ3) is 5.24. The summed E-state index contributed by atoms with van der Waals surface area (Å²) in [5.41, 5.74) is 3.06. The van der Waals surface area contributed by atoms with Crippen LogP contribution in [0.25, 0.3) is 0 Å². The fourth-order valence-electron chi connectivity index (χ4n) is 3.33. The fraction of sp³-hybridized carbons (Fsp3) is 0.208. The van der Waals surface area contributed by atoms with E-state index in [0.29, 0.717) is 17.0 Å². The summed E-state index contributed by atoms with van der Waals surface area (Å²) >= 11 is 0. The van der Waals surface area contributed by atoms with Crippen molar-refractivity contribution in [2.24, 2.45) is 0 Å². The lowest BCUT2D eigenvalue weighted by Crippen LogP contribution is -2.27. The molecule has 2 N–H and O–H groups in total. The van der Waals surface area contributed by atoms with Gasteiger partial charge in [-0.05, 0) is 62.2 Å². The van der Waals surface area contributed by atoms with E-state index in [0.717, 1.165) is 11.1 Å². The van der Waals surface area contributed by atoms with E-state index in [-0.39, 0.29) is 22.4 Å². The highest BCUT2D eigenvalue weighted by Gasteiger charge is 2.21. The summed E-state index contributed by atoms with van der Waals surface area (Å²) < 4.78 is 33.9. The van der Waals surface area contributed by atoms with Gasteiger partial charge in [0, 0.05) is 16.8 Å². The van der Waals surface area contributed by atoms with Gasteiger partial charge in [-0.15, -0.1) is 0 Å². The van der Waals surface area contributed by atoms with Crippen molar-refractivity contribution in [1.82, 2.24) is 5.32 Å². The molecule has 0 saturated heterocycles. The van der Waals surface area contributed by atoms with Gasteiger partial charge in [-0.2, -0.15) is 0 Å². The number of amides is 1. The lowest BCUT2D eigenvalue weighted by atomic mass is 10.1. The molecule has 0 aliphatic carbocycles. The van der Waals surface area contributed by atoms with Crippen LogP contribution in [-0.2, 0) is 10.0 Å². The predicted molar refractivity (Wildman–Crippen MR) is 122 cm³/mol. The Kier molecular flexibility index (Phi) is 6.65. The number of carbonyl (C=O) groups is 1. The summed E-state index contributed by atoms with van der Waals surface area (Å²) in [4.78, 5) is 12.9. The molecule has 1 atom stereocenters. The van der Waals surface area contributed by atoms with E-state index in [2.05, 4.69) is 10.0 Å². The van der Waals surface area contributed by atoms with E-state index in [1.807, 2.05) is 44.2 Å². The van der Waals surface area contributed by atoms with Crippen LogP contribution in [0.4, 0.5) is 5.69 Å². The van der Waals surface area contributed by atoms with Gasteiger partial charge < -0.3 is 10.1 Å². The molecule has 1 amide bonds. The first-order valence-corrected chi connectivity index (χ1v) is 11.3. The number of rotatable bonds is 7. The van der Waals surface area contributed by atoms with Crippen LogP contribution in [0, 0.1) is 13.8 Å². The van der Waals surface area contributed by atoms with Crippen molar-refractivity contribution >= 4 is 21.6 Å². The van der Waals surface area contributed by atoms with Crippen LogP contribution >= 0.6 is 0 Å². The molecule has 162 valence electrons. The fourth-order valence-corrected chi connectivity index (χ4v) is 4.65. The van der Waals surface area contributed by atoms with Gasteiger partial charge >= 0.3 is 0 Å². The molecular formula is C24H26N2O4S. The topological polar surface area (TPSA) is 84.5 Å². The summed E-state index contributed by atoms with van der Waals surface area (Å²) in [6, 6.07) is 18.9. The minimum absolute atomic E-state index is 0.0617. The highest BCUT2D eigenvalue weighted by Crippen LogP contribution is 2.25. The van der Waals surface area contributed by atoms with Crippen LogP contribution < -0.4 is 14.8 Å². The van der Waals surface area contributed by atoms with Crippen molar-refractivity contribution in [1.29, 1.82) is 0 Å². The number of hydrogen-bond acceptors (Lipinski definition) is 4. The second-order valence-electron chi connectivity index (χ2n) is 7.39. The first-order valence-electron chi connectivity index (χ1n) is 9.85. The van der Waals surface area contributed by atoms with Gasteiger partial charge in [0.2, 0.25) is 0 Å². The molecule has 31 heavy (non-hydrogen) atoms. The van der Waals surface area contributed by atoms with Crippen LogP contribution in [0.5, 0.6) is 5.75 Å². The van der Waals surface area contributed by atoms with E-state index >= 15 is 0 Å². The minimum Gasteiger partial charge on any atom is -0.496 e. The number of benzene rings is 3. The number of methoxy groups -OCH3 is 1. The maximum absolute atomic E-state index is 13.0. The minimum atomic E-state index is -3.86. The molecule has 0 bridgehead atoms. The normalized spacial score (nSPS) is 12.1. The highest BCUT2D eigenvalue weighted by atomic mass is 32.2. The molecule has 0 aliphatic heterocycles. The Morgan fingerprint density at radius 2 is 1.71 bits per heavy atom. The zero-order valence-corrected chi connectivity index (χ0v) is 18.8. The van der Waals surface area contributed by atoms with Crippen LogP contribution in [0.15, 0.2) is 71.6 Å². The third-order valence-electron chi connectivity index (χ3n) is 4.96. The largest absolute Gasteiger partial charge is 0.496 e. The number of nitrogens with one attached hydrogen (secondary N) is 2. The van der Waals surface area contributed by atoms with E-state index in [1.165, 1.54) is 6.07 Å². The number of hydrogen-bond donors (Lipinski definition) is 2. The Morgan fingerprint density at radius 3 is 2.42 bits per heavy atom. The number of aryl methyl sites for hydroxylation is 2. The number of anilines is 1. The predicted octanol–water partition coefficient (Wildman–Crippen LogP) is 4.60. The molecule has 3 aromatic carbocycles. The van der Waals surface area contributed by atoms with Gasteiger partial charge in [0.05, 0.1) is 18.0 Å². The van der Waals surface area contributed by atoms with Gasteiger partial charge in [-0.25, -0.2) is 8.42 Å². The molecule has 1 unspecified atom stereocenters. The zero-order valence-electron chi connectivity index (χ0n) is 18.0. The molecule has 0 fully saturated rings. The lowest BCUT2D eigenvalue weighted by molar-refractivity contribution is 0.0939. The van der Waals surface area contributed by atoms with Crippen LogP contribution in [0.3, 0.4) is 0 Å². The average molecular weight is 439 g/mol. The number of para-hydroxylation sites is 1. The number of carbonyl (C=O) groups excluding carboxylic acids is 1. The Labute approximate surface area is 183 Å². The van der Waals surface area contributed by atoms with E-state index in [1.54, 1.807) is 44.4 Å². The smallest absolute Gasteiger partial charge is 0.262 e. The van der Waals surface area contributed by atoms with E-state index < -0.39 is 10.0 Å². The summed E-state index contributed by atoms with van der Waals surface area (Å²) in [5.74, 6) is 0.301. The van der Waals surface area contributed by atoms with Crippen molar-refractivity contribution in [2.75, 3.05) is 11.8 Å². The summed E-state index contributed by atoms with van der Waals surface area (Å²) in [7, 11) is -2.28. The Hall–Kier alpha value is -3.32. The zero-order chi connectivity index (χ0) is 22.6. The number of ether oxygens (including phenoxy) is 1. The second-order valence-corrected chi connectivity index (χ2v) is 9.04. The Bertz CT molecular complexity index is 1210. The van der Waals surface area contributed by atoms with Crippen LogP contribution in [0.2, 0.25) is 0 Å². The molecule has 3 rings (SSSR count). The molecule has 0 radical (unpaired) electrons. The SMILES string of the molecule is COc1ccccc1C(C)NC(=O)c1ccc(C)c(S(=O)(=O)Nc2cccc(C)c2)c1. The van der Waals surface area contributed by atoms with E-state index in [4.69, 9.17) is 4.74 Å². The van der Waals surface area contributed by atoms with Gasteiger partial charge in [-0.1, -0.05) is 36.4 Å². The first-order chi connectivity index (χ1) is 14.7. The number of sulfonamides is 1. The summed E-state index contributed by atoms with van der Waals surface area (Å²) in [6.07, 6.45) is 0. The van der Waals surface area contributed by atoms with Crippen molar-refractivity contribution < 1.29 is 17.9 Å². The van der Waals surface area contributed by atoms with Crippen molar-refractivity contribution in [3.63, 3.8) is 0 Å². The molecule has 0 heterocycles. The second kappa shape index (κ2) is 9.22. The molecule has 0 saturated carbocycles. The van der Waals surface area contributed by atoms with Crippen LogP contribution in [-0.4, -0.2) is 21.4 Å². The maximum Gasteiger partial charge on any atom is 0.262 e. The maximum atomic E-state index is 13.0. The first kappa shape index (κ1) is 22.4. The molecule has 0 aromatic heterocycles. The standard InChI is InChI=1S/C24H26N2O4S/c1-16-8-7-9-20(14-16)26-31(28,29)23-15-19(13-12-17(23)2)24(27)25-18(3)21-10-5-6-11-22(21)30-4/h5-15,18,26H,1-4H3,(H,25,27).